The Morgan fingerprint density at radius 1 is 1.38 bits per heavy atom. The van der Waals surface area contributed by atoms with E-state index in [2.05, 4.69) is 0 Å². The number of carbonyl (C=O) groups is 1. The van der Waals surface area contributed by atoms with Crippen LogP contribution in [0.4, 0.5) is 13.2 Å². The Hall–Kier alpha value is -0.840. The van der Waals surface area contributed by atoms with Crippen molar-refractivity contribution in [3.63, 3.8) is 0 Å². The first kappa shape index (κ1) is 13.2. The van der Waals surface area contributed by atoms with Crippen molar-refractivity contribution in [2.24, 2.45) is 0 Å². The highest BCUT2D eigenvalue weighted by molar-refractivity contribution is 7.14. The Balaban J connectivity index is 2.41. The van der Waals surface area contributed by atoms with Gasteiger partial charge in [-0.15, -0.1) is 11.3 Å². The molecular weight excluding hydrogens is 237 g/mol. The van der Waals surface area contributed by atoms with Gasteiger partial charge in [-0.2, -0.15) is 13.2 Å². The van der Waals surface area contributed by atoms with E-state index < -0.39 is 12.6 Å². The summed E-state index contributed by atoms with van der Waals surface area (Å²) in [6.45, 7) is 1.98. The van der Waals surface area contributed by atoms with Gasteiger partial charge < -0.3 is 0 Å². The summed E-state index contributed by atoms with van der Waals surface area (Å²) >= 11 is 1.37. The SMILES string of the molecule is CCc1ccc(C(=O)CCCC(F)(F)F)s1. The molecule has 1 heterocycles. The molecule has 0 radical (unpaired) electrons. The van der Waals surface area contributed by atoms with E-state index in [4.69, 9.17) is 0 Å². The van der Waals surface area contributed by atoms with E-state index in [1.807, 2.05) is 13.0 Å². The second-order valence-electron chi connectivity index (χ2n) is 3.51. The van der Waals surface area contributed by atoms with Gasteiger partial charge in [-0.05, 0) is 25.0 Å². The zero-order valence-corrected chi connectivity index (χ0v) is 9.75. The fourth-order valence-electron chi connectivity index (χ4n) is 1.29. The lowest BCUT2D eigenvalue weighted by Crippen LogP contribution is -2.08. The number of hydrogen-bond acceptors (Lipinski definition) is 2. The van der Waals surface area contributed by atoms with Crippen LogP contribution < -0.4 is 0 Å². The molecule has 0 aliphatic heterocycles. The van der Waals surface area contributed by atoms with Gasteiger partial charge in [0.2, 0.25) is 0 Å². The fourth-order valence-corrected chi connectivity index (χ4v) is 2.21. The van der Waals surface area contributed by atoms with Crippen LogP contribution in [0.1, 0.15) is 40.7 Å². The molecular formula is C11H13F3OS. The molecule has 0 saturated carbocycles. The van der Waals surface area contributed by atoms with Crippen molar-refractivity contribution in [1.82, 2.24) is 0 Å². The summed E-state index contributed by atoms with van der Waals surface area (Å²) < 4.78 is 35.6. The monoisotopic (exact) mass is 250 g/mol. The van der Waals surface area contributed by atoms with E-state index in [1.54, 1.807) is 6.07 Å². The van der Waals surface area contributed by atoms with Gasteiger partial charge in [-0.25, -0.2) is 0 Å². The Morgan fingerprint density at radius 3 is 2.56 bits per heavy atom. The number of rotatable bonds is 5. The minimum atomic E-state index is -4.16. The Labute approximate surface area is 96.3 Å². The quantitative estimate of drug-likeness (QED) is 0.715. The van der Waals surface area contributed by atoms with Crippen LogP contribution in [0.5, 0.6) is 0 Å². The Morgan fingerprint density at radius 2 is 2.06 bits per heavy atom. The number of thiophene rings is 1. The van der Waals surface area contributed by atoms with Crippen LogP contribution >= 0.6 is 11.3 Å². The maximum Gasteiger partial charge on any atom is 0.389 e. The standard InChI is InChI=1S/C11H13F3OS/c1-2-8-5-6-10(16-8)9(15)4-3-7-11(12,13)14/h5-6H,2-4,7H2,1H3. The Kier molecular flexibility index (Phi) is 4.53. The predicted molar refractivity (Wildman–Crippen MR) is 57.9 cm³/mol. The number of carbonyl (C=O) groups excluding carboxylic acids is 1. The third-order valence-electron chi connectivity index (χ3n) is 2.15. The van der Waals surface area contributed by atoms with Gasteiger partial charge >= 0.3 is 6.18 Å². The molecule has 0 spiro atoms. The van der Waals surface area contributed by atoms with Crippen LogP contribution in [0, 0.1) is 0 Å². The molecule has 0 aliphatic rings. The lowest BCUT2D eigenvalue weighted by atomic mass is 10.1. The van der Waals surface area contributed by atoms with Crippen molar-refractivity contribution in [2.45, 2.75) is 38.8 Å². The molecule has 0 aliphatic carbocycles. The molecule has 1 aromatic rings. The maximum atomic E-state index is 11.9. The van der Waals surface area contributed by atoms with Gasteiger partial charge in [0.05, 0.1) is 4.88 Å². The van der Waals surface area contributed by atoms with E-state index >= 15 is 0 Å². The summed E-state index contributed by atoms with van der Waals surface area (Å²) in [5, 5.41) is 0. The van der Waals surface area contributed by atoms with Crippen molar-refractivity contribution in [3.8, 4) is 0 Å². The van der Waals surface area contributed by atoms with Gasteiger partial charge in [0, 0.05) is 17.7 Å². The highest BCUT2D eigenvalue weighted by Crippen LogP contribution is 2.24. The smallest absolute Gasteiger partial charge is 0.293 e. The molecule has 1 nitrogen and oxygen atoms in total. The first-order chi connectivity index (χ1) is 7.42. The number of Topliss-reactive ketones (excluding diaryl/α,β-unsaturated/α-hetero) is 1. The second kappa shape index (κ2) is 5.48. The highest BCUT2D eigenvalue weighted by Gasteiger charge is 2.26. The van der Waals surface area contributed by atoms with Gasteiger partial charge in [0.1, 0.15) is 0 Å². The summed E-state index contributed by atoms with van der Waals surface area (Å²) in [5.41, 5.74) is 0. The number of hydrogen-bond donors (Lipinski definition) is 0. The van der Waals surface area contributed by atoms with Crippen LogP contribution in [-0.4, -0.2) is 12.0 Å². The molecule has 0 saturated heterocycles. The summed E-state index contributed by atoms with van der Waals surface area (Å²) in [6.07, 6.45) is -4.35. The molecule has 0 aromatic carbocycles. The molecule has 90 valence electrons. The summed E-state index contributed by atoms with van der Waals surface area (Å²) in [5.74, 6) is -0.186. The van der Waals surface area contributed by atoms with Crippen LogP contribution in [0.15, 0.2) is 12.1 Å². The van der Waals surface area contributed by atoms with Crippen molar-refractivity contribution in [1.29, 1.82) is 0 Å². The van der Waals surface area contributed by atoms with E-state index in [0.29, 0.717) is 4.88 Å². The van der Waals surface area contributed by atoms with Crippen molar-refractivity contribution >= 4 is 17.1 Å². The molecule has 1 aromatic heterocycles. The number of alkyl halides is 3. The van der Waals surface area contributed by atoms with Gasteiger partial charge in [0.15, 0.2) is 5.78 Å². The first-order valence-corrected chi connectivity index (χ1v) is 5.92. The molecule has 5 heteroatoms. The van der Waals surface area contributed by atoms with Crippen LogP contribution in [-0.2, 0) is 6.42 Å². The third kappa shape index (κ3) is 4.35. The highest BCUT2D eigenvalue weighted by atomic mass is 32.1. The normalized spacial score (nSPS) is 11.8. The lowest BCUT2D eigenvalue weighted by Gasteiger charge is -2.04. The minimum Gasteiger partial charge on any atom is -0.293 e. The average molecular weight is 250 g/mol. The van der Waals surface area contributed by atoms with Gasteiger partial charge in [-0.3, -0.25) is 4.79 Å². The second-order valence-corrected chi connectivity index (χ2v) is 4.68. The van der Waals surface area contributed by atoms with Gasteiger partial charge in [-0.1, -0.05) is 6.92 Å². The van der Waals surface area contributed by atoms with Crippen LogP contribution in [0.25, 0.3) is 0 Å². The van der Waals surface area contributed by atoms with E-state index in [0.717, 1.165) is 11.3 Å². The molecule has 0 amide bonds. The van der Waals surface area contributed by atoms with Crippen molar-refractivity contribution < 1.29 is 18.0 Å². The first-order valence-electron chi connectivity index (χ1n) is 5.11. The number of halogens is 3. The van der Waals surface area contributed by atoms with Crippen LogP contribution in [0.2, 0.25) is 0 Å². The molecule has 16 heavy (non-hydrogen) atoms. The molecule has 0 atom stereocenters. The van der Waals surface area contributed by atoms with E-state index in [9.17, 15) is 18.0 Å². The third-order valence-corrected chi connectivity index (χ3v) is 3.42. The Bertz CT molecular complexity index is 354. The zero-order valence-electron chi connectivity index (χ0n) is 8.93. The fraction of sp³-hybridized carbons (Fsp3) is 0.545. The number of ketones is 1. The maximum absolute atomic E-state index is 11.9. The van der Waals surface area contributed by atoms with Gasteiger partial charge in [0.25, 0.3) is 0 Å². The topological polar surface area (TPSA) is 17.1 Å². The van der Waals surface area contributed by atoms with Crippen LogP contribution in [0.3, 0.4) is 0 Å². The lowest BCUT2D eigenvalue weighted by molar-refractivity contribution is -0.135. The zero-order chi connectivity index (χ0) is 12.2. The largest absolute Gasteiger partial charge is 0.389 e. The molecule has 1 rings (SSSR count). The minimum absolute atomic E-state index is 0.0246. The van der Waals surface area contributed by atoms with E-state index in [1.165, 1.54) is 11.3 Å². The number of aryl methyl sites for hydroxylation is 1. The molecule has 0 unspecified atom stereocenters. The average Bonchev–Trinajstić information content (AvgIpc) is 2.63. The van der Waals surface area contributed by atoms with Crippen molar-refractivity contribution in [3.05, 3.63) is 21.9 Å². The molecule has 0 N–H and O–H groups in total. The summed E-state index contributed by atoms with van der Waals surface area (Å²) in [6, 6.07) is 3.54. The predicted octanol–water partition coefficient (Wildman–Crippen LogP) is 4.23. The molecule has 0 bridgehead atoms. The summed E-state index contributed by atoms with van der Waals surface area (Å²) in [7, 11) is 0. The summed E-state index contributed by atoms with van der Waals surface area (Å²) in [4.78, 5) is 13.2. The van der Waals surface area contributed by atoms with Crippen molar-refractivity contribution in [2.75, 3.05) is 0 Å². The van der Waals surface area contributed by atoms with E-state index in [-0.39, 0.29) is 18.6 Å². The molecule has 0 fully saturated rings.